The van der Waals surface area contributed by atoms with Crippen LogP contribution in [-0.2, 0) is 0 Å². The first-order valence-corrected chi connectivity index (χ1v) is 5.72. The summed E-state index contributed by atoms with van der Waals surface area (Å²) in [6.45, 7) is 0.814. The number of aromatic nitrogens is 1. The van der Waals surface area contributed by atoms with Gasteiger partial charge in [-0.1, -0.05) is 6.92 Å². The van der Waals surface area contributed by atoms with E-state index in [4.69, 9.17) is 5.11 Å². The second-order valence-corrected chi connectivity index (χ2v) is 4.19. The van der Waals surface area contributed by atoms with Gasteiger partial charge in [0.05, 0.1) is 0 Å². The van der Waals surface area contributed by atoms with E-state index in [9.17, 15) is 18.0 Å². The summed E-state index contributed by atoms with van der Waals surface area (Å²) in [4.78, 5) is 15.3. The highest BCUT2D eigenvalue weighted by Gasteiger charge is 2.31. The molecule has 1 rings (SSSR count). The fourth-order valence-corrected chi connectivity index (χ4v) is 2.06. The summed E-state index contributed by atoms with van der Waals surface area (Å²) in [5, 5.41) is 9.96. The van der Waals surface area contributed by atoms with Gasteiger partial charge in [0.2, 0.25) is 0 Å². The lowest BCUT2D eigenvalue weighted by molar-refractivity contribution is -0.119. The van der Waals surface area contributed by atoms with E-state index in [1.807, 2.05) is 0 Å². The van der Waals surface area contributed by atoms with Crippen molar-refractivity contribution in [1.82, 2.24) is 4.98 Å². The van der Waals surface area contributed by atoms with Crippen molar-refractivity contribution in [2.24, 2.45) is 0 Å². The lowest BCUT2D eigenvalue weighted by Gasteiger charge is -2.22. The summed E-state index contributed by atoms with van der Waals surface area (Å²) in [6, 6.07) is 0. The molecule has 0 aliphatic rings. The average Bonchev–Trinajstić information content (AvgIpc) is 2.63. The normalized spacial score (nSPS) is 11.5. The minimum absolute atomic E-state index is 0.0848. The van der Waals surface area contributed by atoms with Crippen LogP contribution in [0.25, 0.3) is 0 Å². The van der Waals surface area contributed by atoms with Crippen molar-refractivity contribution >= 4 is 22.4 Å². The van der Waals surface area contributed by atoms with Crippen LogP contribution in [0.15, 0.2) is 5.38 Å². The zero-order valence-electron chi connectivity index (χ0n) is 8.99. The highest BCUT2D eigenvalue weighted by atomic mass is 32.1. The van der Waals surface area contributed by atoms with E-state index < -0.39 is 18.7 Å². The maximum atomic E-state index is 12.3. The first-order valence-electron chi connectivity index (χ1n) is 4.84. The molecule has 0 aliphatic carbocycles. The van der Waals surface area contributed by atoms with Crippen LogP contribution in [0.4, 0.5) is 18.3 Å². The molecule has 0 bridgehead atoms. The van der Waals surface area contributed by atoms with Crippen LogP contribution in [0.5, 0.6) is 0 Å². The summed E-state index contributed by atoms with van der Waals surface area (Å²) in [5.74, 6) is -1.24. The Labute approximate surface area is 99.7 Å². The minimum Gasteiger partial charge on any atom is -0.476 e. The molecule has 0 radical (unpaired) electrons. The predicted molar refractivity (Wildman–Crippen MR) is 57.6 cm³/mol. The number of rotatable bonds is 5. The van der Waals surface area contributed by atoms with Crippen molar-refractivity contribution in [1.29, 1.82) is 0 Å². The highest BCUT2D eigenvalue weighted by molar-refractivity contribution is 7.13. The van der Waals surface area contributed by atoms with Gasteiger partial charge in [0.1, 0.15) is 6.54 Å². The lowest BCUT2D eigenvalue weighted by Crippen LogP contribution is -2.34. The molecule has 1 aromatic rings. The summed E-state index contributed by atoms with van der Waals surface area (Å²) in [5.41, 5.74) is -0.228. The Balaban J connectivity index is 2.85. The summed E-state index contributed by atoms with van der Waals surface area (Å²) in [6.07, 6.45) is -3.80. The molecule has 17 heavy (non-hydrogen) atoms. The van der Waals surface area contributed by atoms with Crippen molar-refractivity contribution < 1.29 is 23.1 Å². The number of halogens is 3. The summed E-state index contributed by atoms with van der Waals surface area (Å²) < 4.78 is 36.9. The fraction of sp³-hybridized carbons (Fsp3) is 0.556. The van der Waals surface area contributed by atoms with Crippen LogP contribution in [0.2, 0.25) is 0 Å². The molecule has 0 aliphatic heterocycles. The maximum Gasteiger partial charge on any atom is 0.406 e. The van der Waals surface area contributed by atoms with Crippen molar-refractivity contribution in [3.05, 3.63) is 11.1 Å². The van der Waals surface area contributed by atoms with Crippen molar-refractivity contribution in [2.45, 2.75) is 19.5 Å². The Morgan fingerprint density at radius 3 is 2.65 bits per heavy atom. The largest absolute Gasteiger partial charge is 0.476 e. The van der Waals surface area contributed by atoms with Crippen LogP contribution in [0.1, 0.15) is 23.8 Å². The predicted octanol–water partition coefficient (Wildman–Crippen LogP) is 2.62. The van der Waals surface area contributed by atoms with Crippen LogP contribution in [0, 0.1) is 0 Å². The van der Waals surface area contributed by atoms with E-state index in [1.54, 1.807) is 6.92 Å². The number of carboxylic acids is 1. The molecule has 0 fully saturated rings. The number of hydrogen-bond acceptors (Lipinski definition) is 4. The van der Waals surface area contributed by atoms with Crippen LogP contribution >= 0.6 is 11.3 Å². The third kappa shape index (κ3) is 4.22. The number of carboxylic acid groups (broad SMARTS) is 1. The molecule has 1 N–H and O–H groups in total. The van der Waals surface area contributed by atoms with E-state index >= 15 is 0 Å². The summed E-state index contributed by atoms with van der Waals surface area (Å²) in [7, 11) is 0. The lowest BCUT2D eigenvalue weighted by atomic mass is 10.4. The Morgan fingerprint density at radius 2 is 2.24 bits per heavy atom. The second-order valence-electron chi connectivity index (χ2n) is 3.36. The van der Waals surface area contributed by atoms with Gasteiger partial charge in [-0.3, -0.25) is 0 Å². The number of carbonyl (C=O) groups is 1. The third-order valence-electron chi connectivity index (χ3n) is 1.85. The minimum atomic E-state index is -4.33. The molecular formula is C9H11F3N2O2S. The molecule has 0 spiro atoms. The Kier molecular flexibility index (Phi) is 4.33. The second kappa shape index (κ2) is 5.35. The number of thiazole rings is 1. The van der Waals surface area contributed by atoms with Crippen molar-refractivity contribution in [3.8, 4) is 0 Å². The van der Waals surface area contributed by atoms with Gasteiger partial charge in [0.15, 0.2) is 10.8 Å². The number of nitrogens with zero attached hydrogens (tertiary/aromatic N) is 2. The van der Waals surface area contributed by atoms with Gasteiger partial charge in [-0.2, -0.15) is 13.2 Å². The molecule has 8 heteroatoms. The zero-order chi connectivity index (χ0) is 13.1. The van der Waals surface area contributed by atoms with E-state index in [2.05, 4.69) is 4.98 Å². The number of alkyl halides is 3. The standard InChI is InChI=1S/C9H11F3N2O2S/c1-2-3-14(5-9(10,11)12)8-13-6(4-17-8)7(15)16/h4H,2-3,5H2,1H3,(H,15,16). The summed E-state index contributed by atoms with van der Waals surface area (Å²) >= 11 is 0.901. The van der Waals surface area contributed by atoms with Gasteiger partial charge in [-0.05, 0) is 6.42 Å². The quantitative estimate of drug-likeness (QED) is 0.891. The van der Waals surface area contributed by atoms with Gasteiger partial charge in [0.25, 0.3) is 0 Å². The van der Waals surface area contributed by atoms with E-state index in [-0.39, 0.29) is 17.4 Å². The molecule has 96 valence electrons. The van der Waals surface area contributed by atoms with Gasteiger partial charge < -0.3 is 10.0 Å². The highest BCUT2D eigenvalue weighted by Crippen LogP contribution is 2.25. The Morgan fingerprint density at radius 1 is 1.59 bits per heavy atom. The number of hydrogen-bond donors (Lipinski definition) is 1. The molecule has 0 saturated carbocycles. The van der Waals surface area contributed by atoms with Crippen LogP contribution in [-0.4, -0.2) is 35.3 Å². The van der Waals surface area contributed by atoms with Crippen molar-refractivity contribution in [3.63, 3.8) is 0 Å². The molecule has 0 atom stereocenters. The monoisotopic (exact) mass is 268 g/mol. The van der Waals surface area contributed by atoms with Crippen LogP contribution < -0.4 is 4.90 Å². The van der Waals surface area contributed by atoms with Gasteiger partial charge >= 0.3 is 12.1 Å². The molecule has 1 aromatic heterocycles. The zero-order valence-corrected chi connectivity index (χ0v) is 9.81. The average molecular weight is 268 g/mol. The number of aromatic carboxylic acids is 1. The third-order valence-corrected chi connectivity index (χ3v) is 2.75. The molecule has 0 amide bonds. The van der Waals surface area contributed by atoms with E-state index in [1.165, 1.54) is 5.38 Å². The SMILES string of the molecule is CCCN(CC(F)(F)F)c1nc(C(=O)O)cs1. The molecule has 1 heterocycles. The van der Waals surface area contributed by atoms with E-state index in [0.29, 0.717) is 6.42 Å². The molecule has 0 saturated heterocycles. The van der Waals surface area contributed by atoms with Gasteiger partial charge in [-0.25, -0.2) is 9.78 Å². The Hall–Kier alpha value is -1.31. The van der Waals surface area contributed by atoms with Crippen LogP contribution in [0.3, 0.4) is 0 Å². The van der Waals surface area contributed by atoms with Gasteiger partial charge in [0, 0.05) is 11.9 Å². The Bertz CT molecular complexity index is 392. The number of anilines is 1. The first kappa shape index (κ1) is 13.8. The fourth-order valence-electron chi connectivity index (χ4n) is 1.24. The first-order chi connectivity index (χ1) is 7.83. The smallest absolute Gasteiger partial charge is 0.406 e. The van der Waals surface area contributed by atoms with Gasteiger partial charge in [-0.15, -0.1) is 11.3 Å². The molecule has 4 nitrogen and oxygen atoms in total. The topological polar surface area (TPSA) is 53.4 Å². The molecule has 0 unspecified atom stereocenters. The van der Waals surface area contributed by atoms with Crippen molar-refractivity contribution in [2.75, 3.05) is 18.0 Å². The van der Waals surface area contributed by atoms with E-state index in [0.717, 1.165) is 16.2 Å². The molecule has 0 aromatic carbocycles. The molecular weight excluding hydrogens is 257 g/mol. The maximum absolute atomic E-state index is 12.3.